The molecule has 8 heterocycles. The van der Waals surface area contributed by atoms with E-state index in [0.29, 0.717) is 85.3 Å². The van der Waals surface area contributed by atoms with Crippen molar-refractivity contribution in [1.82, 2.24) is 49.8 Å². The summed E-state index contributed by atoms with van der Waals surface area (Å²) in [5, 5.41) is 20.3. The summed E-state index contributed by atoms with van der Waals surface area (Å²) in [6, 6.07) is 18.5. The molecule has 4 aromatic carbocycles. The SMILES string of the molecule is Cc1ccc2c(cnn2PI)c1-c1c(C2CC2)cc2c(N3CC4CC3CN4)nc(OC3CCOCC3)nc2c1OCc1ccc2c(c1)nc(Cl)c1nn(C(C(=O)N3CCCC3C(=O)NCc3ccc(F)cc3)C(C)C)cc12. The van der Waals surface area contributed by atoms with Crippen molar-refractivity contribution in [1.29, 1.82) is 0 Å². The van der Waals surface area contributed by atoms with Gasteiger partial charge in [0, 0.05) is 84.4 Å². The molecule has 4 aromatic heterocycles. The number of piperazine rings is 1. The van der Waals surface area contributed by atoms with Gasteiger partial charge in [0.05, 0.1) is 36.8 Å². The quantitative estimate of drug-likeness (QED) is 0.0568. The van der Waals surface area contributed by atoms with Crippen molar-refractivity contribution < 1.29 is 28.2 Å². The molecule has 398 valence electrons. The number of carbonyl (C=O) groups excluding carboxylic acids is 2. The molecule has 1 saturated carbocycles. The second kappa shape index (κ2) is 20.8. The number of hydrogen-bond donors (Lipinski definition) is 2. The summed E-state index contributed by atoms with van der Waals surface area (Å²) >= 11 is 9.44. The van der Waals surface area contributed by atoms with Gasteiger partial charge in [0.25, 0.3) is 0 Å². The third kappa shape index (κ3) is 9.52. The average Bonchev–Trinajstić information content (AvgIpc) is 3.96. The van der Waals surface area contributed by atoms with Gasteiger partial charge < -0.3 is 34.6 Å². The minimum Gasteiger partial charge on any atom is -0.486 e. The number of hydrogen-bond acceptors (Lipinski definition) is 12. The molecule has 5 fully saturated rings. The first-order chi connectivity index (χ1) is 37.5. The molecule has 0 radical (unpaired) electrons. The van der Waals surface area contributed by atoms with Crippen LogP contribution in [0.4, 0.5) is 10.2 Å². The van der Waals surface area contributed by atoms with Gasteiger partial charge in [-0.25, -0.2) is 13.8 Å². The number of nitrogens with zero attached hydrogens (tertiary/aromatic N) is 9. The Morgan fingerprint density at radius 1 is 0.948 bits per heavy atom. The first-order valence-corrected chi connectivity index (χ1v) is 31.3. The summed E-state index contributed by atoms with van der Waals surface area (Å²) in [7, 11) is 0. The van der Waals surface area contributed by atoms with Gasteiger partial charge in [-0.15, -0.1) is 0 Å². The van der Waals surface area contributed by atoms with E-state index >= 15 is 0 Å². The molecule has 5 aliphatic rings. The maximum atomic E-state index is 14.6. The predicted octanol–water partition coefficient (Wildman–Crippen LogP) is 10.5. The van der Waals surface area contributed by atoms with Crippen LogP contribution < -0.4 is 25.0 Å². The standard InChI is InChI=1S/C57H59ClFIN11O5P/c1-30(2)51(56(73)68-18-4-5-46(68)55(72)62-24-32-7-12-35(59)13-8-32)70-28-43-39-14-9-33(21-44(39)64-53(58)50(43)67-70)29-75-52-48(47-31(3)6-15-45-42(47)26-63-71(45)77-60)40(34-10-11-34)23-41-49(52)65-57(76-38-16-19-74-20-17-38)66-54(41)69-27-36-22-37(69)25-61-36/h6-9,12-15,21,23,26,28,30,34,36-38,46,51,61,77H,4-5,10-11,16-20,22,24-25,27,29H2,1-3H3,(H,62,72). The normalized spacial score (nSPS) is 20.3. The molecule has 20 heteroatoms. The van der Waals surface area contributed by atoms with Crippen LogP contribution in [0.1, 0.15) is 93.0 Å². The maximum absolute atomic E-state index is 14.6. The number of aryl methyl sites for hydroxylation is 1. The molecule has 13 rings (SSSR count). The van der Waals surface area contributed by atoms with E-state index in [1.807, 2.05) is 38.4 Å². The van der Waals surface area contributed by atoms with Gasteiger partial charge in [0.2, 0.25) is 11.8 Å². The average molecular weight is 1190 g/mol. The smallest absolute Gasteiger partial charge is 0.319 e. The minimum absolute atomic E-state index is 0.0693. The van der Waals surface area contributed by atoms with E-state index in [4.69, 9.17) is 51.0 Å². The summed E-state index contributed by atoms with van der Waals surface area (Å²) in [4.78, 5) is 47.9. The zero-order chi connectivity index (χ0) is 52.6. The Balaban J connectivity index is 0.873. The van der Waals surface area contributed by atoms with Crippen molar-refractivity contribution in [3.63, 3.8) is 0 Å². The van der Waals surface area contributed by atoms with E-state index < -0.39 is 12.1 Å². The number of likely N-dealkylation sites (tertiary alicyclic amines) is 1. The van der Waals surface area contributed by atoms with Crippen LogP contribution >= 0.6 is 40.0 Å². The van der Waals surface area contributed by atoms with Gasteiger partial charge in [-0.3, -0.25) is 14.3 Å². The fourth-order valence-corrected chi connectivity index (χ4v) is 14.0. The van der Waals surface area contributed by atoms with Crippen LogP contribution in [0.5, 0.6) is 11.8 Å². The lowest BCUT2D eigenvalue weighted by atomic mass is 9.89. The summed E-state index contributed by atoms with van der Waals surface area (Å²) in [5.41, 5.74) is 9.04. The van der Waals surface area contributed by atoms with E-state index in [2.05, 4.69) is 73.2 Å². The fourth-order valence-electron chi connectivity index (χ4n) is 12.3. The zero-order valence-corrected chi connectivity index (χ0v) is 47.0. The van der Waals surface area contributed by atoms with Crippen molar-refractivity contribution in [3.05, 3.63) is 106 Å². The number of amides is 2. The number of rotatable bonds is 15. The lowest BCUT2D eigenvalue weighted by Crippen LogP contribution is -2.48. The topological polar surface area (TPSA) is 167 Å². The molecule has 2 bridgehead atoms. The van der Waals surface area contributed by atoms with E-state index in [1.54, 1.807) is 21.7 Å². The molecule has 4 saturated heterocycles. The number of benzene rings is 4. The van der Waals surface area contributed by atoms with Gasteiger partial charge >= 0.3 is 6.01 Å². The Hall–Kier alpha value is -5.79. The van der Waals surface area contributed by atoms with E-state index in [-0.39, 0.29) is 48.0 Å². The molecule has 2 N–H and O–H groups in total. The van der Waals surface area contributed by atoms with Crippen molar-refractivity contribution in [2.75, 3.05) is 37.7 Å². The van der Waals surface area contributed by atoms with Gasteiger partial charge in [-0.2, -0.15) is 20.2 Å². The maximum Gasteiger partial charge on any atom is 0.319 e. The van der Waals surface area contributed by atoms with Crippen LogP contribution in [0.15, 0.2) is 73.1 Å². The van der Waals surface area contributed by atoms with Crippen LogP contribution in [0, 0.1) is 18.7 Å². The summed E-state index contributed by atoms with van der Waals surface area (Å²) < 4.78 is 37.1. The third-order valence-electron chi connectivity index (χ3n) is 16.3. The van der Waals surface area contributed by atoms with E-state index in [0.717, 1.165) is 106 Å². The van der Waals surface area contributed by atoms with Gasteiger partial charge in [-0.05, 0) is 131 Å². The highest BCUT2D eigenvalue weighted by Crippen LogP contribution is 2.54. The van der Waals surface area contributed by atoms with Crippen LogP contribution in [-0.4, -0.2) is 108 Å². The van der Waals surface area contributed by atoms with Crippen molar-refractivity contribution >= 4 is 101 Å². The second-order valence-corrected chi connectivity index (χ2v) is 24.1. The van der Waals surface area contributed by atoms with E-state index in [1.165, 1.54) is 17.7 Å². The number of nitrogens with one attached hydrogen (secondary N) is 2. The van der Waals surface area contributed by atoms with Crippen molar-refractivity contribution in [2.24, 2.45) is 5.92 Å². The molecular formula is C57H59ClFIN11O5P. The van der Waals surface area contributed by atoms with Crippen molar-refractivity contribution in [3.8, 4) is 22.9 Å². The number of carbonyl (C=O) groups is 2. The highest BCUT2D eigenvalue weighted by molar-refractivity contribution is 14.2. The first kappa shape index (κ1) is 50.7. The fraction of sp³-hybridized carbons (Fsp3) is 0.421. The van der Waals surface area contributed by atoms with Crippen LogP contribution in [-0.2, 0) is 27.5 Å². The Bertz CT molecular complexity index is 3630. The molecule has 2 amide bonds. The first-order valence-electron chi connectivity index (χ1n) is 26.9. The molecule has 16 nitrogen and oxygen atoms in total. The Morgan fingerprint density at radius 3 is 2.52 bits per heavy atom. The van der Waals surface area contributed by atoms with Crippen LogP contribution in [0.3, 0.4) is 0 Å². The minimum atomic E-state index is -0.711. The van der Waals surface area contributed by atoms with Crippen LogP contribution in [0.25, 0.3) is 54.7 Å². The predicted molar refractivity (Wildman–Crippen MR) is 306 cm³/mol. The molecule has 0 spiro atoms. The lowest BCUT2D eigenvalue weighted by molar-refractivity contribution is -0.142. The van der Waals surface area contributed by atoms with Gasteiger partial charge in [0.1, 0.15) is 47.5 Å². The number of pyridine rings is 1. The largest absolute Gasteiger partial charge is 0.486 e. The Labute approximate surface area is 464 Å². The third-order valence-corrected chi connectivity index (χ3v) is 18.4. The molecule has 8 aromatic rings. The lowest BCUT2D eigenvalue weighted by Gasteiger charge is -2.31. The molecular weight excluding hydrogens is 1130 g/mol. The zero-order valence-electron chi connectivity index (χ0n) is 43.1. The van der Waals surface area contributed by atoms with E-state index in [9.17, 15) is 14.0 Å². The molecule has 77 heavy (non-hydrogen) atoms. The number of ether oxygens (including phenoxy) is 3. The monoisotopic (exact) mass is 1190 g/mol. The number of halogens is 3. The van der Waals surface area contributed by atoms with Gasteiger partial charge in [0.15, 0.2) is 10.9 Å². The summed E-state index contributed by atoms with van der Waals surface area (Å²) in [5.74, 6) is 0.972. The Kier molecular flexibility index (Phi) is 13.7. The van der Waals surface area contributed by atoms with Gasteiger partial charge in [-0.1, -0.05) is 55.8 Å². The second-order valence-electron chi connectivity index (χ2n) is 21.7. The highest BCUT2D eigenvalue weighted by atomic mass is 127. The van der Waals surface area contributed by atoms with Crippen molar-refractivity contribution in [2.45, 2.75) is 115 Å². The molecule has 5 unspecified atom stereocenters. The molecule has 1 aliphatic carbocycles. The highest BCUT2D eigenvalue weighted by Gasteiger charge is 2.42. The summed E-state index contributed by atoms with van der Waals surface area (Å²) in [6.07, 6.45) is 10.2. The number of aromatic nitrogens is 7. The Morgan fingerprint density at radius 2 is 1.77 bits per heavy atom. The molecule has 5 atom stereocenters. The number of fused-ring (bicyclic) bond motifs is 7. The summed E-state index contributed by atoms with van der Waals surface area (Å²) in [6.45, 7) is 10.0. The number of anilines is 1. The van der Waals surface area contributed by atoms with Crippen LogP contribution in [0.2, 0.25) is 5.15 Å². The molecule has 4 aliphatic heterocycles.